The molecular formula is C12H13ClO3. The molecule has 0 unspecified atom stereocenters. The van der Waals surface area contributed by atoms with Gasteiger partial charge in [0, 0.05) is 18.7 Å². The smallest absolute Gasteiger partial charge is 0.161 e. The van der Waals surface area contributed by atoms with Gasteiger partial charge in [-0.3, -0.25) is 4.79 Å². The second-order valence-corrected chi connectivity index (χ2v) is 4.01. The standard InChI is InChI=1S/C12H13ClO3/c13-4-3-10(14)7-9-1-2-11-12(8-9)16-6-5-15-11/h1-2,8H,3-7H2. The molecule has 2 rings (SSSR count). The lowest BCUT2D eigenvalue weighted by atomic mass is 10.1. The van der Waals surface area contributed by atoms with E-state index in [0.717, 1.165) is 17.1 Å². The number of benzene rings is 1. The number of rotatable bonds is 4. The average molecular weight is 241 g/mol. The summed E-state index contributed by atoms with van der Waals surface area (Å²) in [6.07, 6.45) is 0.819. The fourth-order valence-corrected chi connectivity index (χ4v) is 1.83. The number of ether oxygens (including phenoxy) is 2. The minimum absolute atomic E-state index is 0.145. The normalized spacial score (nSPS) is 13.6. The highest BCUT2D eigenvalue weighted by Crippen LogP contribution is 2.30. The van der Waals surface area contributed by atoms with Gasteiger partial charge in [0.05, 0.1) is 0 Å². The fraction of sp³-hybridized carbons (Fsp3) is 0.417. The number of hydrogen-bond acceptors (Lipinski definition) is 3. The van der Waals surface area contributed by atoms with Crippen LogP contribution in [0.4, 0.5) is 0 Å². The number of carbonyl (C=O) groups is 1. The first kappa shape index (κ1) is 11.3. The summed E-state index contributed by atoms with van der Waals surface area (Å²) in [4.78, 5) is 11.4. The Morgan fingerprint density at radius 3 is 2.75 bits per heavy atom. The number of Topliss-reactive ketones (excluding diaryl/α,β-unsaturated/α-hetero) is 1. The summed E-state index contributed by atoms with van der Waals surface area (Å²) in [7, 11) is 0. The molecule has 1 heterocycles. The number of carbonyl (C=O) groups excluding carboxylic acids is 1. The molecule has 0 aromatic heterocycles. The van der Waals surface area contributed by atoms with E-state index in [0.29, 0.717) is 31.9 Å². The first-order chi connectivity index (χ1) is 7.79. The Kier molecular flexibility index (Phi) is 3.67. The van der Waals surface area contributed by atoms with Gasteiger partial charge < -0.3 is 9.47 Å². The van der Waals surface area contributed by atoms with Crippen LogP contribution in [-0.4, -0.2) is 24.9 Å². The molecular weight excluding hydrogens is 228 g/mol. The van der Waals surface area contributed by atoms with Crippen LogP contribution >= 0.6 is 11.6 Å². The number of hydrogen-bond donors (Lipinski definition) is 0. The molecule has 0 bridgehead atoms. The molecule has 1 aliphatic heterocycles. The lowest BCUT2D eigenvalue weighted by Gasteiger charge is -2.18. The van der Waals surface area contributed by atoms with E-state index < -0.39 is 0 Å². The molecule has 1 aromatic carbocycles. The highest BCUT2D eigenvalue weighted by molar-refractivity contribution is 6.19. The molecule has 3 nitrogen and oxygen atoms in total. The van der Waals surface area contributed by atoms with Crippen LogP contribution in [0.1, 0.15) is 12.0 Å². The lowest BCUT2D eigenvalue weighted by Crippen LogP contribution is -2.15. The van der Waals surface area contributed by atoms with Crippen molar-refractivity contribution in [3.8, 4) is 11.5 Å². The van der Waals surface area contributed by atoms with Gasteiger partial charge in [0.25, 0.3) is 0 Å². The first-order valence-corrected chi connectivity index (χ1v) is 5.79. The molecule has 1 aromatic rings. The molecule has 0 saturated carbocycles. The molecule has 0 fully saturated rings. The van der Waals surface area contributed by atoms with E-state index in [1.54, 1.807) is 0 Å². The van der Waals surface area contributed by atoms with E-state index in [1.165, 1.54) is 0 Å². The lowest BCUT2D eigenvalue weighted by molar-refractivity contribution is -0.118. The van der Waals surface area contributed by atoms with Crippen LogP contribution in [0.5, 0.6) is 11.5 Å². The second-order valence-electron chi connectivity index (χ2n) is 3.63. The van der Waals surface area contributed by atoms with Crippen LogP contribution < -0.4 is 9.47 Å². The molecule has 0 atom stereocenters. The molecule has 0 spiro atoms. The van der Waals surface area contributed by atoms with Crippen molar-refractivity contribution in [1.29, 1.82) is 0 Å². The van der Waals surface area contributed by atoms with E-state index in [-0.39, 0.29) is 5.78 Å². The minimum atomic E-state index is 0.145. The van der Waals surface area contributed by atoms with Crippen LogP contribution in [0, 0.1) is 0 Å². The highest BCUT2D eigenvalue weighted by Gasteiger charge is 2.12. The third-order valence-corrected chi connectivity index (χ3v) is 2.57. The largest absolute Gasteiger partial charge is 0.486 e. The Labute approximate surface area is 99.3 Å². The average Bonchev–Trinajstić information content (AvgIpc) is 2.29. The van der Waals surface area contributed by atoms with Gasteiger partial charge in [-0.05, 0) is 17.7 Å². The topological polar surface area (TPSA) is 35.5 Å². The third-order valence-electron chi connectivity index (χ3n) is 2.38. The molecule has 0 saturated heterocycles. The van der Waals surface area contributed by atoms with Crippen molar-refractivity contribution in [3.63, 3.8) is 0 Å². The Hall–Kier alpha value is -1.22. The van der Waals surface area contributed by atoms with Crippen molar-refractivity contribution in [3.05, 3.63) is 23.8 Å². The summed E-state index contributed by atoms with van der Waals surface area (Å²) in [6, 6.07) is 5.60. The highest BCUT2D eigenvalue weighted by atomic mass is 35.5. The molecule has 0 amide bonds. The summed E-state index contributed by atoms with van der Waals surface area (Å²) in [5, 5.41) is 0. The van der Waals surface area contributed by atoms with Crippen molar-refractivity contribution in [1.82, 2.24) is 0 Å². The Balaban J connectivity index is 2.08. The maximum Gasteiger partial charge on any atom is 0.161 e. The van der Waals surface area contributed by atoms with Crippen LogP contribution in [0.15, 0.2) is 18.2 Å². The Morgan fingerprint density at radius 2 is 2.00 bits per heavy atom. The van der Waals surface area contributed by atoms with E-state index in [1.807, 2.05) is 18.2 Å². The number of ketones is 1. The Morgan fingerprint density at radius 1 is 1.25 bits per heavy atom. The van der Waals surface area contributed by atoms with Gasteiger partial charge in [-0.15, -0.1) is 11.6 Å². The second kappa shape index (κ2) is 5.21. The van der Waals surface area contributed by atoms with Gasteiger partial charge in [0.15, 0.2) is 11.5 Å². The summed E-state index contributed by atoms with van der Waals surface area (Å²) in [6.45, 7) is 1.14. The van der Waals surface area contributed by atoms with E-state index in [2.05, 4.69) is 0 Å². The number of halogens is 1. The summed E-state index contributed by atoms with van der Waals surface area (Å²) in [5.74, 6) is 2.00. The van der Waals surface area contributed by atoms with Crippen molar-refractivity contribution in [2.24, 2.45) is 0 Å². The monoisotopic (exact) mass is 240 g/mol. The van der Waals surface area contributed by atoms with E-state index in [4.69, 9.17) is 21.1 Å². The quantitative estimate of drug-likeness (QED) is 0.757. The van der Waals surface area contributed by atoms with Gasteiger partial charge in [0.1, 0.15) is 19.0 Å². The Bertz CT molecular complexity index is 390. The van der Waals surface area contributed by atoms with E-state index >= 15 is 0 Å². The summed E-state index contributed by atoms with van der Waals surface area (Å²) >= 11 is 5.51. The zero-order chi connectivity index (χ0) is 11.4. The van der Waals surface area contributed by atoms with Crippen molar-refractivity contribution >= 4 is 17.4 Å². The molecule has 86 valence electrons. The molecule has 0 N–H and O–H groups in total. The number of alkyl halides is 1. The first-order valence-electron chi connectivity index (χ1n) is 5.26. The molecule has 4 heteroatoms. The van der Waals surface area contributed by atoms with Gasteiger partial charge in [-0.25, -0.2) is 0 Å². The number of fused-ring (bicyclic) bond motifs is 1. The maximum atomic E-state index is 11.4. The van der Waals surface area contributed by atoms with Crippen LogP contribution in [0.25, 0.3) is 0 Å². The predicted octanol–water partition coefficient (Wildman–Crippen LogP) is 2.20. The van der Waals surface area contributed by atoms with Gasteiger partial charge >= 0.3 is 0 Å². The van der Waals surface area contributed by atoms with Crippen LogP contribution in [0.3, 0.4) is 0 Å². The summed E-state index contributed by atoms with van der Waals surface area (Å²) < 4.78 is 10.8. The van der Waals surface area contributed by atoms with Crippen molar-refractivity contribution in [2.45, 2.75) is 12.8 Å². The maximum absolute atomic E-state index is 11.4. The van der Waals surface area contributed by atoms with E-state index in [9.17, 15) is 4.79 Å². The van der Waals surface area contributed by atoms with Gasteiger partial charge in [0.2, 0.25) is 0 Å². The van der Waals surface area contributed by atoms with Gasteiger partial charge in [-0.2, -0.15) is 0 Å². The SMILES string of the molecule is O=C(CCCl)Cc1ccc2c(c1)OCCO2. The third kappa shape index (κ3) is 2.67. The minimum Gasteiger partial charge on any atom is -0.486 e. The van der Waals surface area contributed by atoms with Gasteiger partial charge in [-0.1, -0.05) is 6.07 Å². The molecule has 0 radical (unpaired) electrons. The summed E-state index contributed by atoms with van der Waals surface area (Å²) in [5.41, 5.74) is 0.944. The van der Waals surface area contributed by atoms with Crippen LogP contribution in [0.2, 0.25) is 0 Å². The molecule has 1 aliphatic rings. The molecule has 0 aliphatic carbocycles. The zero-order valence-corrected chi connectivity index (χ0v) is 9.63. The molecule has 16 heavy (non-hydrogen) atoms. The van der Waals surface area contributed by atoms with Crippen molar-refractivity contribution in [2.75, 3.05) is 19.1 Å². The van der Waals surface area contributed by atoms with Crippen molar-refractivity contribution < 1.29 is 14.3 Å². The predicted molar refractivity (Wildman–Crippen MR) is 61.5 cm³/mol. The van der Waals surface area contributed by atoms with Crippen LogP contribution in [-0.2, 0) is 11.2 Å². The fourth-order valence-electron chi connectivity index (χ4n) is 1.62. The zero-order valence-electron chi connectivity index (χ0n) is 8.87.